The number of aliphatic hydroxyl groups is 1. The molecule has 2 rings (SSSR count). The van der Waals surface area contributed by atoms with Crippen molar-refractivity contribution in [1.82, 2.24) is 5.32 Å². The first-order valence-electron chi connectivity index (χ1n) is 7.52. The molecule has 1 fully saturated rings. The van der Waals surface area contributed by atoms with Crippen LogP contribution >= 0.6 is 0 Å². The highest BCUT2D eigenvalue weighted by atomic mass is 16.3. The van der Waals surface area contributed by atoms with Gasteiger partial charge in [0.05, 0.1) is 11.6 Å². The van der Waals surface area contributed by atoms with Crippen LogP contribution in [0.25, 0.3) is 0 Å². The zero-order valence-corrected chi connectivity index (χ0v) is 12.2. The van der Waals surface area contributed by atoms with Crippen LogP contribution in [0.1, 0.15) is 37.7 Å². The van der Waals surface area contributed by atoms with E-state index in [2.05, 4.69) is 5.32 Å². The first kappa shape index (κ1) is 15.8. The van der Waals surface area contributed by atoms with Crippen molar-refractivity contribution in [1.29, 1.82) is 0 Å². The third kappa shape index (κ3) is 4.72. The number of phenolic OH excluding ortho intramolecular Hbond substituents is 1. The summed E-state index contributed by atoms with van der Waals surface area (Å²) in [6.07, 6.45) is 5.04. The summed E-state index contributed by atoms with van der Waals surface area (Å²) in [5.41, 5.74) is 6.01. The van der Waals surface area contributed by atoms with E-state index in [-0.39, 0.29) is 18.2 Å². The van der Waals surface area contributed by atoms with Crippen LogP contribution < -0.4 is 11.1 Å². The fraction of sp³-hybridized carbons (Fsp3) is 0.562. The third-order valence-electron chi connectivity index (χ3n) is 4.10. The number of hydrogen-bond donors (Lipinski definition) is 4. The van der Waals surface area contributed by atoms with Crippen molar-refractivity contribution in [3.63, 3.8) is 0 Å². The Hall–Kier alpha value is -1.59. The molecule has 1 amide bonds. The average Bonchev–Trinajstić information content (AvgIpc) is 2.48. The fourth-order valence-electron chi connectivity index (χ4n) is 2.75. The molecule has 0 aromatic heterocycles. The SMILES string of the molecule is NC(Cc1ccc(O)cc1)C(=O)NCC1(O)CCCCC1. The Bertz CT molecular complexity index is 467. The van der Waals surface area contributed by atoms with E-state index in [1.165, 1.54) is 0 Å². The molecule has 1 aliphatic carbocycles. The Labute approximate surface area is 125 Å². The van der Waals surface area contributed by atoms with Crippen molar-refractivity contribution in [2.75, 3.05) is 6.54 Å². The largest absolute Gasteiger partial charge is 0.508 e. The molecule has 0 aliphatic heterocycles. The van der Waals surface area contributed by atoms with Crippen LogP contribution in [0.3, 0.4) is 0 Å². The standard InChI is InChI=1S/C16H24N2O3/c17-14(10-12-4-6-13(19)7-5-12)15(20)18-11-16(21)8-2-1-3-9-16/h4-7,14,19,21H,1-3,8-11,17H2,(H,18,20). The predicted molar refractivity (Wildman–Crippen MR) is 80.8 cm³/mol. The van der Waals surface area contributed by atoms with Gasteiger partial charge in [0.1, 0.15) is 5.75 Å². The lowest BCUT2D eigenvalue weighted by atomic mass is 9.85. The second-order valence-electron chi connectivity index (χ2n) is 5.98. The molecule has 0 spiro atoms. The van der Waals surface area contributed by atoms with Gasteiger partial charge >= 0.3 is 0 Å². The number of hydrogen-bond acceptors (Lipinski definition) is 4. The Kier molecular flexibility index (Phi) is 5.20. The zero-order valence-electron chi connectivity index (χ0n) is 12.2. The molecule has 0 heterocycles. The lowest BCUT2D eigenvalue weighted by molar-refractivity contribution is -0.124. The van der Waals surface area contributed by atoms with E-state index in [1.54, 1.807) is 24.3 Å². The van der Waals surface area contributed by atoms with Gasteiger partial charge in [0.25, 0.3) is 0 Å². The Balaban J connectivity index is 1.80. The van der Waals surface area contributed by atoms with E-state index in [9.17, 15) is 15.0 Å². The molecule has 5 heteroatoms. The topological polar surface area (TPSA) is 95.6 Å². The Morgan fingerprint density at radius 3 is 2.48 bits per heavy atom. The van der Waals surface area contributed by atoms with E-state index in [0.717, 1.165) is 37.7 Å². The summed E-state index contributed by atoms with van der Waals surface area (Å²) in [4.78, 5) is 12.0. The molecular weight excluding hydrogens is 268 g/mol. The van der Waals surface area contributed by atoms with Gasteiger partial charge in [0.15, 0.2) is 0 Å². The highest BCUT2D eigenvalue weighted by Gasteiger charge is 2.30. The number of carbonyl (C=O) groups is 1. The van der Waals surface area contributed by atoms with Gasteiger partial charge in [0.2, 0.25) is 5.91 Å². The molecule has 1 aromatic carbocycles. The lowest BCUT2D eigenvalue weighted by Gasteiger charge is -2.32. The first-order chi connectivity index (χ1) is 9.98. The van der Waals surface area contributed by atoms with E-state index < -0.39 is 11.6 Å². The van der Waals surface area contributed by atoms with Gasteiger partial charge in [-0.15, -0.1) is 0 Å². The average molecular weight is 292 g/mol. The third-order valence-corrected chi connectivity index (χ3v) is 4.10. The minimum atomic E-state index is -0.772. The number of amides is 1. The van der Waals surface area contributed by atoms with Crippen molar-refractivity contribution < 1.29 is 15.0 Å². The molecule has 0 saturated heterocycles. The molecular formula is C16H24N2O3. The molecule has 0 radical (unpaired) electrons. The summed E-state index contributed by atoms with van der Waals surface area (Å²) in [6.45, 7) is 0.273. The van der Waals surface area contributed by atoms with Crippen molar-refractivity contribution >= 4 is 5.91 Å². The summed E-state index contributed by atoms with van der Waals surface area (Å²) >= 11 is 0. The summed E-state index contributed by atoms with van der Waals surface area (Å²) in [6, 6.07) is 5.99. The van der Waals surface area contributed by atoms with Crippen LogP contribution in [-0.4, -0.2) is 34.3 Å². The normalized spacial score (nSPS) is 19.0. The van der Waals surface area contributed by atoms with E-state index in [4.69, 9.17) is 5.73 Å². The van der Waals surface area contributed by atoms with Crippen LogP contribution in [0.15, 0.2) is 24.3 Å². The van der Waals surface area contributed by atoms with Gasteiger partial charge in [-0.2, -0.15) is 0 Å². The summed E-state index contributed by atoms with van der Waals surface area (Å²) in [7, 11) is 0. The molecule has 0 bridgehead atoms. The number of benzene rings is 1. The van der Waals surface area contributed by atoms with Crippen LogP contribution in [-0.2, 0) is 11.2 Å². The lowest BCUT2D eigenvalue weighted by Crippen LogP contribution is -2.49. The molecule has 1 aliphatic rings. The van der Waals surface area contributed by atoms with E-state index >= 15 is 0 Å². The molecule has 116 valence electrons. The second-order valence-corrected chi connectivity index (χ2v) is 5.98. The van der Waals surface area contributed by atoms with E-state index in [0.29, 0.717) is 6.42 Å². The van der Waals surface area contributed by atoms with Crippen LogP contribution in [0.4, 0.5) is 0 Å². The first-order valence-corrected chi connectivity index (χ1v) is 7.52. The number of phenols is 1. The van der Waals surface area contributed by atoms with Crippen LogP contribution in [0.5, 0.6) is 5.75 Å². The summed E-state index contributed by atoms with van der Waals surface area (Å²) in [5.74, 6) is -0.0571. The molecule has 1 aromatic rings. The van der Waals surface area contributed by atoms with Gasteiger partial charge in [-0.05, 0) is 37.0 Å². The summed E-state index contributed by atoms with van der Waals surface area (Å²) < 4.78 is 0. The maximum absolute atomic E-state index is 12.0. The minimum absolute atomic E-state index is 0.191. The maximum Gasteiger partial charge on any atom is 0.237 e. The van der Waals surface area contributed by atoms with Crippen molar-refractivity contribution in [3.05, 3.63) is 29.8 Å². The zero-order chi connectivity index (χ0) is 15.3. The molecule has 5 nitrogen and oxygen atoms in total. The number of rotatable bonds is 5. The van der Waals surface area contributed by atoms with Crippen LogP contribution in [0.2, 0.25) is 0 Å². The predicted octanol–water partition coefficient (Wildman–Crippen LogP) is 1.07. The smallest absolute Gasteiger partial charge is 0.237 e. The van der Waals surface area contributed by atoms with Crippen molar-refractivity contribution in [3.8, 4) is 5.75 Å². The molecule has 1 unspecified atom stereocenters. The van der Waals surface area contributed by atoms with Crippen molar-refractivity contribution in [2.24, 2.45) is 5.73 Å². The van der Waals surface area contributed by atoms with E-state index in [1.807, 2.05) is 0 Å². The van der Waals surface area contributed by atoms with Gasteiger partial charge in [-0.25, -0.2) is 0 Å². The van der Waals surface area contributed by atoms with Crippen LogP contribution in [0, 0.1) is 0 Å². The Morgan fingerprint density at radius 1 is 1.24 bits per heavy atom. The minimum Gasteiger partial charge on any atom is -0.508 e. The fourth-order valence-corrected chi connectivity index (χ4v) is 2.75. The van der Waals surface area contributed by atoms with Gasteiger partial charge in [-0.3, -0.25) is 4.79 Å². The molecule has 5 N–H and O–H groups in total. The molecule has 21 heavy (non-hydrogen) atoms. The highest BCUT2D eigenvalue weighted by molar-refractivity contribution is 5.81. The van der Waals surface area contributed by atoms with Crippen molar-refractivity contribution in [2.45, 2.75) is 50.2 Å². The molecule has 1 atom stereocenters. The quantitative estimate of drug-likeness (QED) is 0.653. The number of carbonyl (C=O) groups excluding carboxylic acids is 1. The van der Waals surface area contributed by atoms with Gasteiger partial charge < -0.3 is 21.3 Å². The second kappa shape index (κ2) is 6.91. The maximum atomic E-state index is 12.0. The number of nitrogens with one attached hydrogen (secondary N) is 1. The highest BCUT2D eigenvalue weighted by Crippen LogP contribution is 2.27. The van der Waals surface area contributed by atoms with Gasteiger partial charge in [-0.1, -0.05) is 31.4 Å². The number of nitrogens with two attached hydrogens (primary N) is 1. The monoisotopic (exact) mass is 292 g/mol. The Morgan fingerprint density at radius 2 is 1.86 bits per heavy atom. The molecule has 1 saturated carbocycles. The van der Waals surface area contributed by atoms with Gasteiger partial charge in [0, 0.05) is 6.54 Å². The number of aromatic hydroxyl groups is 1. The summed E-state index contributed by atoms with van der Waals surface area (Å²) in [5, 5.41) is 22.3.